The summed E-state index contributed by atoms with van der Waals surface area (Å²) in [6.45, 7) is 5.17. The maximum absolute atomic E-state index is 14.1. The number of aromatic nitrogens is 1. The zero-order valence-electron chi connectivity index (χ0n) is 12.1. The van der Waals surface area contributed by atoms with Gasteiger partial charge < -0.3 is 4.74 Å². The first-order valence-electron chi connectivity index (χ1n) is 6.35. The molecule has 0 aliphatic heterocycles. The number of carbonyl (C=O) groups excluding carboxylic acids is 1. The second kappa shape index (κ2) is 6.12. The van der Waals surface area contributed by atoms with Crippen molar-refractivity contribution in [2.45, 2.75) is 26.4 Å². The molecule has 0 fully saturated rings. The van der Waals surface area contributed by atoms with Gasteiger partial charge in [0.1, 0.15) is 17.2 Å². The van der Waals surface area contributed by atoms with Crippen molar-refractivity contribution in [3.63, 3.8) is 0 Å². The highest BCUT2D eigenvalue weighted by Gasteiger charge is 2.24. The highest BCUT2D eigenvalue weighted by molar-refractivity contribution is 9.10. The molecule has 3 nitrogen and oxygen atoms in total. The first-order valence-corrected chi connectivity index (χ1v) is 7.94. The maximum Gasteiger partial charge on any atom is 0.419 e. The van der Waals surface area contributed by atoms with Gasteiger partial charge in [-0.05, 0) is 70.8 Å². The van der Waals surface area contributed by atoms with Crippen LogP contribution in [0.3, 0.4) is 0 Å². The van der Waals surface area contributed by atoms with E-state index in [0.717, 1.165) is 16.7 Å². The molecule has 1 aromatic heterocycles. The molecule has 0 aliphatic rings. The number of halogens is 4. The van der Waals surface area contributed by atoms with Gasteiger partial charge in [-0.3, -0.25) is 4.57 Å². The lowest BCUT2D eigenvalue weighted by Gasteiger charge is -2.20. The summed E-state index contributed by atoms with van der Waals surface area (Å²) in [7, 11) is 0. The van der Waals surface area contributed by atoms with E-state index in [1.54, 1.807) is 20.8 Å². The van der Waals surface area contributed by atoms with Gasteiger partial charge in [0.05, 0.1) is 15.7 Å². The molecule has 7 heteroatoms. The number of hydrogen-bond donors (Lipinski definition) is 0. The van der Waals surface area contributed by atoms with Gasteiger partial charge in [-0.15, -0.1) is 0 Å². The lowest BCUT2D eigenvalue weighted by molar-refractivity contribution is 0.0540. The van der Waals surface area contributed by atoms with E-state index in [1.807, 2.05) is 0 Å². The molecule has 0 radical (unpaired) electrons. The zero-order chi connectivity index (χ0) is 16.7. The van der Waals surface area contributed by atoms with E-state index in [4.69, 9.17) is 4.74 Å². The Kier molecular flexibility index (Phi) is 4.77. The van der Waals surface area contributed by atoms with Crippen LogP contribution in [0, 0.1) is 11.6 Å². The molecule has 0 aliphatic carbocycles. The summed E-state index contributed by atoms with van der Waals surface area (Å²) in [6, 6.07) is 3.54. The van der Waals surface area contributed by atoms with Gasteiger partial charge in [-0.2, -0.15) is 0 Å². The quantitative estimate of drug-likeness (QED) is 0.533. The van der Waals surface area contributed by atoms with Crippen molar-refractivity contribution in [1.82, 2.24) is 4.57 Å². The predicted octanol–water partition coefficient (Wildman–Crippen LogP) is 5.74. The van der Waals surface area contributed by atoms with Crippen LogP contribution in [0.5, 0.6) is 0 Å². The van der Waals surface area contributed by atoms with Crippen molar-refractivity contribution in [3.05, 3.63) is 45.0 Å². The van der Waals surface area contributed by atoms with Crippen molar-refractivity contribution in [3.8, 4) is 11.3 Å². The predicted molar refractivity (Wildman–Crippen MR) is 86.8 cm³/mol. The van der Waals surface area contributed by atoms with Crippen LogP contribution in [-0.2, 0) is 4.74 Å². The molecule has 2 aromatic rings. The third-order valence-corrected chi connectivity index (χ3v) is 3.89. The number of benzene rings is 1. The summed E-state index contributed by atoms with van der Waals surface area (Å²) in [5.74, 6) is -1.27. The number of carbonyl (C=O) groups is 1. The summed E-state index contributed by atoms with van der Waals surface area (Å²) in [5, 5.41) is 0. The van der Waals surface area contributed by atoms with Gasteiger partial charge in [0.2, 0.25) is 0 Å². The minimum absolute atomic E-state index is 0.0449. The van der Waals surface area contributed by atoms with Crippen molar-refractivity contribution in [1.29, 1.82) is 0 Å². The average Bonchev–Trinajstić information content (AvgIpc) is 2.74. The van der Waals surface area contributed by atoms with E-state index in [-0.39, 0.29) is 15.7 Å². The van der Waals surface area contributed by atoms with Crippen LogP contribution in [-0.4, -0.2) is 16.3 Å². The Morgan fingerprint density at radius 1 is 1.18 bits per heavy atom. The van der Waals surface area contributed by atoms with E-state index in [2.05, 4.69) is 31.9 Å². The molecule has 0 amide bonds. The molecule has 118 valence electrons. The van der Waals surface area contributed by atoms with Crippen molar-refractivity contribution < 1.29 is 18.3 Å². The van der Waals surface area contributed by atoms with Crippen LogP contribution >= 0.6 is 31.9 Å². The highest BCUT2D eigenvalue weighted by Crippen LogP contribution is 2.35. The zero-order valence-corrected chi connectivity index (χ0v) is 15.3. The van der Waals surface area contributed by atoms with Crippen molar-refractivity contribution in [2.75, 3.05) is 0 Å². The summed E-state index contributed by atoms with van der Waals surface area (Å²) in [4.78, 5) is 12.3. The first kappa shape index (κ1) is 17.1. The number of ether oxygens (including phenoxy) is 1. The molecule has 1 heterocycles. The summed E-state index contributed by atoms with van der Waals surface area (Å²) in [5.41, 5.74) is -0.565. The molecule has 22 heavy (non-hydrogen) atoms. The molecular formula is C15H13Br2F2NO2. The average molecular weight is 437 g/mol. The van der Waals surface area contributed by atoms with Crippen LogP contribution in [0.2, 0.25) is 0 Å². The molecular weight excluding hydrogens is 424 g/mol. The molecule has 0 spiro atoms. The SMILES string of the molecule is CC(C)(C)OC(=O)n1cc(Br)cc1-c1c(F)ccc(F)c1Br. The minimum atomic E-state index is -0.706. The summed E-state index contributed by atoms with van der Waals surface area (Å²) >= 11 is 6.26. The minimum Gasteiger partial charge on any atom is -0.443 e. The number of hydrogen-bond acceptors (Lipinski definition) is 2. The molecule has 0 N–H and O–H groups in total. The van der Waals surface area contributed by atoms with Crippen LogP contribution < -0.4 is 0 Å². The lowest BCUT2D eigenvalue weighted by atomic mass is 10.1. The van der Waals surface area contributed by atoms with Gasteiger partial charge in [-0.25, -0.2) is 13.6 Å². The Morgan fingerprint density at radius 3 is 2.36 bits per heavy atom. The Labute approximate surface area is 143 Å². The fourth-order valence-corrected chi connectivity index (χ4v) is 2.79. The van der Waals surface area contributed by atoms with Gasteiger partial charge in [0, 0.05) is 10.7 Å². The number of rotatable bonds is 1. The third-order valence-electron chi connectivity index (χ3n) is 2.68. The van der Waals surface area contributed by atoms with E-state index < -0.39 is 23.3 Å². The summed E-state index contributed by atoms with van der Waals surface area (Å²) < 4.78 is 34.7. The van der Waals surface area contributed by atoms with E-state index in [0.29, 0.717) is 4.47 Å². The molecule has 2 rings (SSSR count). The monoisotopic (exact) mass is 435 g/mol. The Hall–Kier alpha value is -1.21. The van der Waals surface area contributed by atoms with Gasteiger partial charge in [-0.1, -0.05) is 0 Å². The second-order valence-electron chi connectivity index (χ2n) is 5.61. The molecule has 0 bridgehead atoms. The van der Waals surface area contributed by atoms with Gasteiger partial charge in [0.25, 0.3) is 0 Å². The third kappa shape index (κ3) is 3.57. The first-order chi connectivity index (χ1) is 10.1. The van der Waals surface area contributed by atoms with E-state index in [1.165, 1.54) is 12.3 Å². The fraction of sp³-hybridized carbons (Fsp3) is 0.267. The molecule has 0 unspecified atom stereocenters. The Bertz CT molecular complexity index is 736. The van der Waals surface area contributed by atoms with E-state index in [9.17, 15) is 13.6 Å². The standard InChI is InChI=1S/C15H13Br2F2NO2/c1-15(2,3)22-14(21)20-7-8(16)6-11(20)12-9(18)4-5-10(19)13(12)17/h4-7H,1-3H3. The van der Waals surface area contributed by atoms with Crippen LogP contribution in [0.4, 0.5) is 13.6 Å². The molecule has 0 saturated heterocycles. The smallest absolute Gasteiger partial charge is 0.419 e. The topological polar surface area (TPSA) is 31.2 Å². The van der Waals surface area contributed by atoms with Crippen molar-refractivity contribution in [2.24, 2.45) is 0 Å². The molecule has 0 saturated carbocycles. The Balaban J connectivity index is 2.59. The molecule has 1 aromatic carbocycles. The van der Waals surface area contributed by atoms with Gasteiger partial charge in [0.15, 0.2) is 0 Å². The normalized spacial score (nSPS) is 11.6. The Morgan fingerprint density at radius 2 is 1.77 bits per heavy atom. The second-order valence-corrected chi connectivity index (χ2v) is 7.32. The number of nitrogens with zero attached hydrogens (tertiary/aromatic N) is 1. The van der Waals surface area contributed by atoms with E-state index >= 15 is 0 Å². The molecule has 0 atom stereocenters. The van der Waals surface area contributed by atoms with Crippen molar-refractivity contribution >= 4 is 38.0 Å². The highest BCUT2D eigenvalue weighted by atomic mass is 79.9. The largest absolute Gasteiger partial charge is 0.443 e. The lowest BCUT2D eigenvalue weighted by Crippen LogP contribution is -2.27. The fourth-order valence-electron chi connectivity index (χ4n) is 1.85. The van der Waals surface area contributed by atoms with Gasteiger partial charge >= 0.3 is 6.09 Å². The maximum atomic E-state index is 14.1. The van der Waals surface area contributed by atoms with Crippen LogP contribution in [0.1, 0.15) is 20.8 Å². The van der Waals surface area contributed by atoms with Crippen LogP contribution in [0.15, 0.2) is 33.3 Å². The van der Waals surface area contributed by atoms with Crippen LogP contribution in [0.25, 0.3) is 11.3 Å². The summed E-state index contributed by atoms with van der Waals surface area (Å²) in [6.07, 6.45) is 0.768.